The quantitative estimate of drug-likeness (QED) is 0.485. The largest absolute Gasteiger partial charge is 0.507 e. The van der Waals surface area contributed by atoms with Gasteiger partial charge in [-0.15, -0.1) is 0 Å². The van der Waals surface area contributed by atoms with E-state index in [-0.39, 0.29) is 33.9 Å². The van der Waals surface area contributed by atoms with Crippen molar-refractivity contribution in [3.05, 3.63) is 105 Å². The van der Waals surface area contributed by atoms with Gasteiger partial charge in [-0.25, -0.2) is 0 Å². The van der Waals surface area contributed by atoms with E-state index in [1.807, 2.05) is 61.5 Å². The molecule has 32 heavy (non-hydrogen) atoms. The van der Waals surface area contributed by atoms with Crippen molar-refractivity contribution in [3.8, 4) is 28.9 Å². The van der Waals surface area contributed by atoms with Crippen molar-refractivity contribution in [1.29, 1.82) is 5.26 Å². The fourth-order valence-electron chi connectivity index (χ4n) is 4.07. The van der Waals surface area contributed by atoms with Gasteiger partial charge in [0.1, 0.15) is 39.9 Å². The van der Waals surface area contributed by atoms with Crippen LogP contribution in [0, 0.1) is 18.3 Å². The van der Waals surface area contributed by atoms with E-state index in [1.54, 1.807) is 6.07 Å². The van der Waals surface area contributed by atoms with Crippen molar-refractivity contribution in [2.75, 3.05) is 0 Å². The molecule has 0 spiro atoms. The van der Waals surface area contributed by atoms with E-state index in [1.165, 1.54) is 6.07 Å². The number of ether oxygens (including phenoxy) is 1. The highest BCUT2D eigenvalue weighted by Gasteiger charge is 2.35. The first-order chi connectivity index (χ1) is 15.5. The van der Waals surface area contributed by atoms with Crippen LogP contribution in [0.15, 0.2) is 87.4 Å². The van der Waals surface area contributed by atoms with Crippen LogP contribution in [0.1, 0.15) is 22.6 Å². The molecule has 3 N–H and O–H groups in total. The number of aryl methyl sites for hydroxylation is 1. The molecule has 0 amide bonds. The summed E-state index contributed by atoms with van der Waals surface area (Å²) in [5, 5.41) is 21.0. The third kappa shape index (κ3) is 2.99. The van der Waals surface area contributed by atoms with Gasteiger partial charge in [0, 0.05) is 17.7 Å². The molecule has 0 saturated carbocycles. The molecule has 1 atom stereocenters. The first-order valence-corrected chi connectivity index (χ1v) is 10.0. The molecule has 0 saturated heterocycles. The highest BCUT2D eigenvalue weighted by molar-refractivity contribution is 5.89. The Morgan fingerprint density at radius 1 is 1.06 bits per heavy atom. The van der Waals surface area contributed by atoms with Crippen LogP contribution >= 0.6 is 0 Å². The lowest BCUT2D eigenvalue weighted by Crippen LogP contribution is -2.21. The maximum atomic E-state index is 13.0. The molecule has 156 valence electrons. The van der Waals surface area contributed by atoms with E-state index >= 15 is 0 Å². The number of nitrogens with two attached hydrogens (primary N) is 1. The topological polar surface area (TPSA) is 109 Å². The van der Waals surface area contributed by atoms with Crippen LogP contribution in [0.5, 0.6) is 11.5 Å². The predicted molar refractivity (Wildman–Crippen MR) is 120 cm³/mol. The zero-order chi connectivity index (χ0) is 22.4. The second-order valence-corrected chi connectivity index (χ2v) is 7.69. The Morgan fingerprint density at radius 3 is 2.47 bits per heavy atom. The van der Waals surface area contributed by atoms with E-state index in [2.05, 4.69) is 6.07 Å². The Morgan fingerprint density at radius 2 is 1.78 bits per heavy atom. The first kappa shape index (κ1) is 19.5. The van der Waals surface area contributed by atoms with Crippen LogP contribution in [-0.4, -0.2) is 5.11 Å². The number of rotatable bonds is 2. The van der Waals surface area contributed by atoms with E-state index in [4.69, 9.17) is 14.9 Å². The summed E-state index contributed by atoms with van der Waals surface area (Å²) in [6.07, 6.45) is 0. The normalized spacial score (nSPS) is 15.2. The molecule has 0 aliphatic carbocycles. The minimum absolute atomic E-state index is 0.0295. The number of aromatic hydroxyl groups is 1. The molecule has 6 heteroatoms. The zero-order valence-corrected chi connectivity index (χ0v) is 17.1. The standard InChI is InChI=1S/C26H18N2O4/c1-14-7-9-16(10-8-14)22-17(13-27)26(28)32-21-12-20-23(25(30)24(21)22)18(29)11-19(31-20)15-5-3-2-4-6-15/h2-12,22,30H,28H2,1H3. The number of hydrogen-bond acceptors (Lipinski definition) is 6. The van der Waals surface area contributed by atoms with Gasteiger partial charge < -0.3 is 20.0 Å². The first-order valence-electron chi connectivity index (χ1n) is 10.0. The number of fused-ring (bicyclic) bond motifs is 2. The average Bonchev–Trinajstić information content (AvgIpc) is 2.79. The van der Waals surface area contributed by atoms with Gasteiger partial charge in [-0.3, -0.25) is 4.79 Å². The third-order valence-electron chi connectivity index (χ3n) is 5.65. The van der Waals surface area contributed by atoms with Crippen molar-refractivity contribution in [2.45, 2.75) is 12.8 Å². The fourth-order valence-corrected chi connectivity index (χ4v) is 4.07. The fraction of sp³-hybridized carbons (Fsp3) is 0.0769. The van der Waals surface area contributed by atoms with Gasteiger partial charge in [-0.1, -0.05) is 60.2 Å². The maximum absolute atomic E-state index is 13.0. The number of nitrogens with zero attached hydrogens (tertiary/aromatic N) is 1. The van der Waals surface area contributed by atoms with Gasteiger partial charge in [-0.05, 0) is 12.5 Å². The molecule has 0 bridgehead atoms. The van der Waals surface area contributed by atoms with Gasteiger partial charge in [0.15, 0.2) is 5.43 Å². The number of benzene rings is 3. The molecule has 6 nitrogen and oxygen atoms in total. The van der Waals surface area contributed by atoms with Gasteiger partial charge in [-0.2, -0.15) is 5.26 Å². The summed E-state index contributed by atoms with van der Waals surface area (Å²) in [5.74, 6) is -0.399. The summed E-state index contributed by atoms with van der Waals surface area (Å²) >= 11 is 0. The Balaban J connectivity index is 1.79. The van der Waals surface area contributed by atoms with Crippen molar-refractivity contribution >= 4 is 11.0 Å². The number of nitriles is 1. The molecule has 1 aliphatic heterocycles. The smallest absolute Gasteiger partial charge is 0.205 e. The molecule has 5 rings (SSSR count). The highest BCUT2D eigenvalue weighted by Crippen LogP contribution is 2.49. The van der Waals surface area contributed by atoms with Crippen molar-refractivity contribution in [3.63, 3.8) is 0 Å². The summed E-state index contributed by atoms with van der Waals surface area (Å²) < 4.78 is 11.7. The molecule has 0 fully saturated rings. The molecular weight excluding hydrogens is 404 g/mol. The Labute approximate surface area is 183 Å². The number of hydrogen-bond donors (Lipinski definition) is 2. The van der Waals surface area contributed by atoms with Crippen LogP contribution in [0.4, 0.5) is 0 Å². The van der Waals surface area contributed by atoms with E-state index in [0.29, 0.717) is 11.3 Å². The summed E-state index contributed by atoms with van der Waals surface area (Å²) in [6, 6.07) is 21.7. The number of phenolic OH excluding ortho intramolecular Hbond substituents is 1. The van der Waals surface area contributed by atoms with Crippen LogP contribution in [0.2, 0.25) is 0 Å². The molecular formula is C26H18N2O4. The summed E-state index contributed by atoms with van der Waals surface area (Å²) in [6.45, 7) is 1.96. The SMILES string of the molecule is Cc1ccc(C2C(C#N)=C(N)Oc3cc4oc(-c5ccccc5)cc(=O)c4c(O)c32)cc1. The van der Waals surface area contributed by atoms with Gasteiger partial charge in [0.2, 0.25) is 5.88 Å². The second kappa shape index (κ2) is 7.33. The Kier molecular flexibility index (Phi) is 4.46. The zero-order valence-electron chi connectivity index (χ0n) is 17.1. The van der Waals surface area contributed by atoms with Crippen LogP contribution in [-0.2, 0) is 0 Å². The second-order valence-electron chi connectivity index (χ2n) is 7.69. The third-order valence-corrected chi connectivity index (χ3v) is 5.65. The van der Waals surface area contributed by atoms with Gasteiger partial charge >= 0.3 is 0 Å². The van der Waals surface area contributed by atoms with Crippen LogP contribution in [0.3, 0.4) is 0 Å². The lowest BCUT2D eigenvalue weighted by atomic mass is 9.82. The van der Waals surface area contributed by atoms with Crippen LogP contribution in [0.25, 0.3) is 22.3 Å². The molecule has 2 heterocycles. The van der Waals surface area contributed by atoms with E-state index < -0.39 is 11.3 Å². The van der Waals surface area contributed by atoms with Crippen molar-refractivity contribution < 1.29 is 14.3 Å². The van der Waals surface area contributed by atoms with E-state index in [0.717, 1.165) is 16.7 Å². The van der Waals surface area contributed by atoms with Gasteiger partial charge in [0.05, 0.1) is 11.5 Å². The monoisotopic (exact) mass is 422 g/mol. The van der Waals surface area contributed by atoms with Crippen molar-refractivity contribution in [1.82, 2.24) is 0 Å². The highest BCUT2D eigenvalue weighted by atomic mass is 16.5. The molecule has 3 aromatic carbocycles. The van der Waals surface area contributed by atoms with E-state index in [9.17, 15) is 15.2 Å². The molecule has 1 aliphatic rings. The lowest BCUT2D eigenvalue weighted by Gasteiger charge is -2.27. The molecule has 4 aromatic rings. The molecule has 1 unspecified atom stereocenters. The summed E-state index contributed by atoms with van der Waals surface area (Å²) in [7, 11) is 0. The lowest BCUT2D eigenvalue weighted by molar-refractivity contribution is 0.383. The van der Waals surface area contributed by atoms with Crippen LogP contribution < -0.4 is 15.9 Å². The maximum Gasteiger partial charge on any atom is 0.205 e. The molecule has 0 radical (unpaired) electrons. The Hall–Kier alpha value is -4.50. The summed E-state index contributed by atoms with van der Waals surface area (Å²) in [5.41, 5.74) is 8.85. The van der Waals surface area contributed by atoms with Gasteiger partial charge in [0.25, 0.3) is 0 Å². The minimum Gasteiger partial charge on any atom is -0.507 e. The number of allylic oxidation sites excluding steroid dienone is 1. The Bertz CT molecular complexity index is 1490. The average molecular weight is 422 g/mol. The van der Waals surface area contributed by atoms with Crippen molar-refractivity contribution in [2.24, 2.45) is 5.73 Å². The summed E-state index contributed by atoms with van der Waals surface area (Å²) in [4.78, 5) is 13.0. The molecule has 1 aromatic heterocycles. The predicted octanol–water partition coefficient (Wildman–Crippen LogP) is 4.69. The number of phenols is 1. The minimum atomic E-state index is -0.679.